The second kappa shape index (κ2) is 9.01. The largest absolute Gasteiger partial charge is 0.381 e. The number of aromatic nitrogens is 2. The lowest BCUT2D eigenvalue weighted by atomic mass is 10.0. The third kappa shape index (κ3) is 4.93. The van der Waals surface area contributed by atoms with Crippen LogP contribution in [0.5, 0.6) is 0 Å². The van der Waals surface area contributed by atoms with E-state index in [1.165, 1.54) is 4.31 Å². The molecule has 0 radical (unpaired) electrons. The summed E-state index contributed by atoms with van der Waals surface area (Å²) in [5.41, 5.74) is 2.55. The molecule has 0 amide bonds. The Morgan fingerprint density at radius 1 is 1.16 bits per heavy atom. The first-order valence-corrected chi connectivity index (χ1v) is 12.4. The van der Waals surface area contributed by atoms with Crippen LogP contribution >= 0.6 is 0 Å². The summed E-state index contributed by atoms with van der Waals surface area (Å²) in [5, 5.41) is 5.51. The van der Waals surface area contributed by atoms with E-state index in [0.717, 1.165) is 49.1 Å². The van der Waals surface area contributed by atoms with E-state index in [0.29, 0.717) is 23.0 Å². The molecule has 4 rings (SSSR count). The summed E-state index contributed by atoms with van der Waals surface area (Å²) < 4.78 is 36.2. The van der Waals surface area contributed by atoms with Gasteiger partial charge in [-0.2, -0.15) is 5.10 Å². The van der Waals surface area contributed by atoms with Crippen molar-refractivity contribution in [1.29, 1.82) is 0 Å². The SMILES string of the molecule is Cc1cccc(N(CC(C)C)S(=O)(=O)c2ccc3nn(CC4CCOCC4)cc3c2)c1. The van der Waals surface area contributed by atoms with Gasteiger partial charge in [-0.15, -0.1) is 0 Å². The smallest absolute Gasteiger partial charge is 0.264 e. The van der Waals surface area contributed by atoms with Crippen molar-refractivity contribution in [1.82, 2.24) is 9.78 Å². The molecule has 0 atom stereocenters. The van der Waals surface area contributed by atoms with Crippen LogP contribution in [0.25, 0.3) is 10.9 Å². The fraction of sp³-hybridized carbons (Fsp3) is 0.458. The zero-order valence-electron chi connectivity index (χ0n) is 18.5. The van der Waals surface area contributed by atoms with Gasteiger partial charge in [-0.1, -0.05) is 26.0 Å². The number of hydrogen-bond donors (Lipinski definition) is 0. The summed E-state index contributed by atoms with van der Waals surface area (Å²) in [6.07, 6.45) is 4.04. The molecule has 7 heteroatoms. The van der Waals surface area contributed by atoms with Crippen LogP contribution in [-0.2, 0) is 21.3 Å². The van der Waals surface area contributed by atoms with Gasteiger partial charge in [-0.25, -0.2) is 8.42 Å². The predicted molar refractivity (Wildman–Crippen MR) is 124 cm³/mol. The molecule has 1 fully saturated rings. The minimum atomic E-state index is -3.70. The van der Waals surface area contributed by atoms with Gasteiger partial charge in [-0.05, 0) is 67.5 Å². The normalized spacial score (nSPS) is 15.6. The highest BCUT2D eigenvalue weighted by atomic mass is 32.2. The van der Waals surface area contributed by atoms with Crippen molar-refractivity contribution in [2.24, 2.45) is 11.8 Å². The number of hydrogen-bond acceptors (Lipinski definition) is 4. The molecule has 31 heavy (non-hydrogen) atoms. The van der Waals surface area contributed by atoms with Crippen LogP contribution in [0.15, 0.2) is 53.6 Å². The third-order valence-electron chi connectivity index (χ3n) is 5.72. The summed E-state index contributed by atoms with van der Waals surface area (Å²) in [4.78, 5) is 0.299. The first-order valence-electron chi connectivity index (χ1n) is 11.0. The van der Waals surface area contributed by atoms with Crippen molar-refractivity contribution in [3.05, 3.63) is 54.2 Å². The lowest BCUT2D eigenvalue weighted by molar-refractivity contribution is 0.0602. The van der Waals surface area contributed by atoms with Crippen LogP contribution in [0.1, 0.15) is 32.3 Å². The van der Waals surface area contributed by atoms with Crippen molar-refractivity contribution in [3.8, 4) is 0 Å². The van der Waals surface area contributed by atoms with Crippen LogP contribution in [0.3, 0.4) is 0 Å². The van der Waals surface area contributed by atoms with Crippen molar-refractivity contribution in [3.63, 3.8) is 0 Å². The van der Waals surface area contributed by atoms with E-state index in [2.05, 4.69) is 5.10 Å². The number of ether oxygens (including phenoxy) is 1. The topological polar surface area (TPSA) is 64.4 Å². The molecule has 1 saturated heterocycles. The molecule has 3 aromatic rings. The summed E-state index contributed by atoms with van der Waals surface area (Å²) in [5.74, 6) is 0.746. The highest BCUT2D eigenvalue weighted by Crippen LogP contribution is 2.28. The first-order chi connectivity index (χ1) is 14.8. The molecule has 0 N–H and O–H groups in total. The van der Waals surface area contributed by atoms with Gasteiger partial charge in [-0.3, -0.25) is 8.99 Å². The molecule has 0 spiro atoms. The minimum Gasteiger partial charge on any atom is -0.381 e. The monoisotopic (exact) mass is 441 g/mol. The van der Waals surface area contributed by atoms with Gasteiger partial charge < -0.3 is 4.74 Å². The van der Waals surface area contributed by atoms with Crippen molar-refractivity contribution in [2.75, 3.05) is 24.1 Å². The van der Waals surface area contributed by atoms with Crippen molar-refractivity contribution in [2.45, 2.75) is 45.1 Å². The van der Waals surface area contributed by atoms with Crippen molar-refractivity contribution < 1.29 is 13.2 Å². The van der Waals surface area contributed by atoms with E-state index in [-0.39, 0.29) is 5.92 Å². The van der Waals surface area contributed by atoms with Gasteiger partial charge in [0.1, 0.15) is 0 Å². The minimum absolute atomic E-state index is 0.196. The maximum absolute atomic E-state index is 13.6. The molecule has 0 aliphatic carbocycles. The number of anilines is 1. The highest BCUT2D eigenvalue weighted by Gasteiger charge is 2.26. The lowest BCUT2D eigenvalue weighted by Gasteiger charge is -2.26. The molecule has 1 aliphatic rings. The Morgan fingerprint density at radius 2 is 1.94 bits per heavy atom. The zero-order valence-corrected chi connectivity index (χ0v) is 19.3. The zero-order chi connectivity index (χ0) is 22.0. The van der Waals surface area contributed by atoms with E-state index in [1.54, 1.807) is 12.1 Å². The number of fused-ring (bicyclic) bond motifs is 1. The average Bonchev–Trinajstić information content (AvgIpc) is 3.14. The molecule has 1 aromatic heterocycles. The van der Waals surface area contributed by atoms with E-state index in [4.69, 9.17) is 4.74 Å². The van der Waals surface area contributed by atoms with Gasteiger partial charge in [0.2, 0.25) is 0 Å². The molecule has 0 unspecified atom stereocenters. The summed E-state index contributed by atoms with van der Waals surface area (Å²) >= 11 is 0. The Morgan fingerprint density at radius 3 is 2.65 bits per heavy atom. The summed E-state index contributed by atoms with van der Waals surface area (Å²) in [6.45, 7) is 8.90. The molecule has 0 bridgehead atoms. The third-order valence-corrected chi connectivity index (χ3v) is 7.51. The number of benzene rings is 2. The lowest BCUT2D eigenvalue weighted by Crippen LogP contribution is -2.34. The summed E-state index contributed by atoms with van der Waals surface area (Å²) in [7, 11) is -3.70. The second-order valence-corrected chi connectivity index (χ2v) is 10.8. The standard InChI is InChI=1S/C24H31N3O3S/c1-18(2)15-27(22-6-4-5-19(3)13-22)31(28,29)23-7-8-24-21(14-23)17-26(25-24)16-20-9-11-30-12-10-20/h4-8,13-14,17-18,20H,9-12,15-16H2,1-3H3. The molecular formula is C24H31N3O3S. The second-order valence-electron chi connectivity index (χ2n) is 8.90. The van der Waals surface area contributed by atoms with E-state index in [1.807, 2.05) is 62.0 Å². The Labute approximate surface area is 184 Å². The van der Waals surface area contributed by atoms with E-state index in [9.17, 15) is 8.42 Å². The molecule has 0 saturated carbocycles. The van der Waals surface area contributed by atoms with Gasteiger partial charge in [0.05, 0.1) is 16.1 Å². The Hall–Kier alpha value is -2.38. The molecular weight excluding hydrogens is 410 g/mol. The van der Waals surface area contributed by atoms with E-state index >= 15 is 0 Å². The molecule has 2 aromatic carbocycles. The van der Waals surface area contributed by atoms with Crippen LogP contribution in [0.4, 0.5) is 5.69 Å². The van der Waals surface area contributed by atoms with Gasteiger partial charge in [0, 0.05) is 37.9 Å². The van der Waals surface area contributed by atoms with Crippen LogP contribution in [0.2, 0.25) is 0 Å². The molecule has 166 valence electrons. The van der Waals surface area contributed by atoms with Gasteiger partial charge >= 0.3 is 0 Å². The maximum atomic E-state index is 13.6. The van der Waals surface area contributed by atoms with Crippen LogP contribution < -0.4 is 4.31 Å². The fourth-order valence-electron chi connectivity index (χ4n) is 4.09. The van der Waals surface area contributed by atoms with Crippen LogP contribution in [0, 0.1) is 18.8 Å². The van der Waals surface area contributed by atoms with Gasteiger partial charge in [0.25, 0.3) is 10.0 Å². The van der Waals surface area contributed by atoms with Gasteiger partial charge in [0.15, 0.2) is 0 Å². The number of sulfonamides is 1. The Bertz CT molecular complexity index is 1150. The van der Waals surface area contributed by atoms with Crippen molar-refractivity contribution >= 4 is 26.6 Å². The average molecular weight is 442 g/mol. The number of rotatable bonds is 7. The highest BCUT2D eigenvalue weighted by molar-refractivity contribution is 7.92. The summed E-state index contributed by atoms with van der Waals surface area (Å²) in [6, 6.07) is 12.9. The molecule has 6 nitrogen and oxygen atoms in total. The Balaban J connectivity index is 1.66. The van der Waals surface area contributed by atoms with E-state index < -0.39 is 10.0 Å². The van der Waals surface area contributed by atoms with Crippen LogP contribution in [-0.4, -0.2) is 38.0 Å². The number of aryl methyl sites for hydroxylation is 1. The fourth-order valence-corrected chi connectivity index (χ4v) is 5.74. The Kier molecular flexibility index (Phi) is 6.34. The quantitative estimate of drug-likeness (QED) is 0.537. The molecule has 1 aliphatic heterocycles. The predicted octanol–water partition coefficient (Wildman–Crippen LogP) is 4.62. The maximum Gasteiger partial charge on any atom is 0.264 e. The number of nitrogens with zero attached hydrogens (tertiary/aromatic N) is 3. The molecule has 2 heterocycles. The first kappa shape index (κ1) is 21.8.